The molecular weight excluding hydrogens is 222 g/mol. The van der Waals surface area contributed by atoms with Crippen molar-refractivity contribution in [2.45, 2.75) is 24.2 Å². The molecule has 0 aliphatic rings. The second-order valence-corrected chi connectivity index (χ2v) is 4.10. The van der Waals surface area contributed by atoms with Crippen molar-refractivity contribution in [1.29, 1.82) is 0 Å². The van der Waals surface area contributed by atoms with E-state index in [0.29, 0.717) is 12.1 Å². The summed E-state index contributed by atoms with van der Waals surface area (Å²) in [4.78, 5) is 12.4. The Morgan fingerprint density at radius 1 is 1.19 bits per heavy atom. The molecule has 0 spiro atoms. The van der Waals surface area contributed by atoms with E-state index in [4.69, 9.17) is 5.11 Å². The fourth-order valence-electron chi connectivity index (χ4n) is 1.33. The van der Waals surface area contributed by atoms with Gasteiger partial charge in [0.2, 0.25) is 0 Å². The van der Waals surface area contributed by atoms with Crippen LogP contribution in [0.25, 0.3) is 0 Å². The Balaban J connectivity index is 2.27. The number of unbranched alkanes of at least 4 members (excludes halogenated alkanes) is 2. The van der Waals surface area contributed by atoms with Crippen LogP contribution in [0.3, 0.4) is 0 Å². The van der Waals surface area contributed by atoms with E-state index >= 15 is 0 Å². The van der Waals surface area contributed by atoms with Crippen molar-refractivity contribution in [1.82, 2.24) is 5.32 Å². The van der Waals surface area contributed by atoms with E-state index in [0.717, 1.165) is 24.2 Å². The predicted octanol–water partition coefficient (Wildman–Crippen LogP) is 1.87. The second kappa shape index (κ2) is 7.30. The summed E-state index contributed by atoms with van der Waals surface area (Å²) in [6.45, 7) is 0.874. The van der Waals surface area contributed by atoms with Gasteiger partial charge in [0.25, 0.3) is 5.91 Å². The molecule has 1 amide bonds. The Kier molecular flexibility index (Phi) is 5.96. The largest absolute Gasteiger partial charge is 0.396 e. The zero-order valence-electron chi connectivity index (χ0n) is 9.15. The highest BCUT2D eigenvalue weighted by Crippen LogP contribution is 2.07. The van der Waals surface area contributed by atoms with Crippen molar-refractivity contribution < 1.29 is 9.90 Å². The van der Waals surface area contributed by atoms with Gasteiger partial charge in [-0.3, -0.25) is 4.79 Å². The summed E-state index contributed by atoms with van der Waals surface area (Å²) in [5.74, 6) is -0.0580. The standard InChI is InChI=1S/C12H17NO2S/c14-9-3-1-2-8-13-12(15)10-4-6-11(16)7-5-10/h4-7,14,16H,1-3,8-9H2,(H,13,15). The number of benzene rings is 1. The Bertz CT molecular complexity index is 324. The van der Waals surface area contributed by atoms with Crippen LogP contribution in [-0.4, -0.2) is 24.2 Å². The van der Waals surface area contributed by atoms with E-state index in [1.807, 2.05) is 0 Å². The van der Waals surface area contributed by atoms with Crippen LogP contribution in [0.15, 0.2) is 29.2 Å². The molecule has 0 atom stereocenters. The van der Waals surface area contributed by atoms with Gasteiger partial charge in [0, 0.05) is 23.6 Å². The molecular formula is C12H17NO2S. The van der Waals surface area contributed by atoms with Gasteiger partial charge in [0.15, 0.2) is 0 Å². The van der Waals surface area contributed by atoms with E-state index < -0.39 is 0 Å². The maximum Gasteiger partial charge on any atom is 0.251 e. The molecule has 0 aromatic heterocycles. The molecule has 3 nitrogen and oxygen atoms in total. The van der Waals surface area contributed by atoms with E-state index in [2.05, 4.69) is 17.9 Å². The highest BCUT2D eigenvalue weighted by atomic mass is 32.1. The lowest BCUT2D eigenvalue weighted by Gasteiger charge is -2.04. The Labute approximate surface area is 101 Å². The van der Waals surface area contributed by atoms with Crippen molar-refractivity contribution in [3.8, 4) is 0 Å². The molecule has 0 unspecified atom stereocenters. The topological polar surface area (TPSA) is 49.3 Å². The summed E-state index contributed by atoms with van der Waals surface area (Å²) in [7, 11) is 0. The molecule has 1 aromatic rings. The molecule has 4 heteroatoms. The number of hydrogen-bond donors (Lipinski definition) is 3. The Morgan fingerprint density at radius 3 is 2.50 bits per heavy atom. The van der Waals surface area contributed by atoms with Gasteiger partial charge in [0.1, 0.15) is 0 Å². The number of aliphatic hydroxyl groups is 1. The molecule has 0 heterocycles. The lowest BCUT2D eigenvalue weighted by Crippen LogP contribution is -2.24. The number of carbonyl (C=O) groups is 1. The number of rotatable bonds is 6. The van der Waals surface area contributed by atoms with Gasteiger partial charge in [-0.25, -0.2) is 0 Å². The van der Waals surface area contributed by atoms with E-state index in [-0.39, 0.29) is 12.5 Å². The molecule has 0 saturated carbocycles. The molecule has 88 valence electrons. The number of aliphatic hydroxyl groups excluding tert-OH is 1. The third-order valence-corrected chi connectivity index (χ3v) is 2.55. The minimum absolute atomic E-state index is 0.0580. The monoisotopic (exact) mass is 239 g/mol. The summed E-state index contributed by atoms with van der Waals surface area (Å²) < 4.78 is 0. The fourth-order valence-corrected chi connectivity index (χ4v) is 1.48. The van der Waals surface area contributed by atoms with Crippen LogP contribution in [0.1, 0.15) is 29.6 Å². The van der Waals surface area contributed by atoms with Crippen LogP contribution in [0.5, 0.6) is 0 Å². The van der Waals surface area contributed by atoms with Crippen LogP contribution in [0, 0.1) is 0 Å². The van der Waals surface area contributed by atoms with Crippen LogP contribution in [-0.2, 0) is 0 Å². The number of thiol groups is 1. The summed E-state index contributed by atoms with van der Waals surface area (Å²) in [5, 5.41) is 11.4. The molecule has 0 saturated heterocycles. The SMILES string of the molecule is O=C(NCCCCCO)c1ccc(S)cc1. The summed E-state index contributed by atoms with van der Waals surface area (Å²) in [6, 6.07) is 7.10. The third-order valence-electron chi connectivity index (χ3n) is 2.25. The lowest BCUT2D eigenvalue weighted by atomic mass is 10.2. The number of hydrogen-bond acceptors (Lipinski definition) is 3. The number of carbonyl (C=O) groups excluding carboxylic acids is 1. The zero-order valence-corrected chi connectivity index (χ0v) is 10.0. The van der Waals surface area contributed by atoms with Crippen molar-refractivity contribution in [2.24, 2.45) is 0 Å². The first-order valence-corrected chi connectivity index (χ1v) is 5.87. The highest BCUT2D eigenvalue weighted by molar-refractivity contribution is 7.80. The van der Waals surface area contributed by atoms with Crippen LogP contribution >= 0.6 is 12.6 Å². The average molecular weight is 239 g/mol. The molecule has 16 heavy (non-hydrogen) atoms. The van der Waals surface area contributed by atoms with Gasteiger partial charge < -0.3 is 10.4 Å². The van der Waals surface area contributed by atoms with Crippen molar-refractivity contribution in [3.63, 3.8) is 0 Å². The lowest BCUT2D eigenvalue weighted by molar-refractivity contribution is 0.0953. The van der Waals surface area contributed by atoms with Gasteiger partial charge in [-0.05, 0) is 43.5 Å². The van der Waals surface area contributed by atoms with E-state index in [9.17, 15) is 4.79 Å². The average Bonchev–Trinajstić information content (AvgIpc) is 2.29. The minimum Gasteiger partial charge on any atom is -0.396 e. The smallest absolute Gasteiger partial charge is 0.251 e. The fraction of sp³-hybridized carbons (Fsp3) is 0.417. The molecule has 0 aliphatic heterocycles. The second-order valence-electron chi connectivity index (χ2n) is 3.59. The molecule has 1 rings (SSSR count). The van der Waals surface area contributed by atoms with Gasteiger partial charge in [0.05, 0.1) is 0 Å². The first-order valence-electron chi connectivity index (χ1n) is 5.42. The Hall–Kier alpha value is -1.00. The van der Waals surface area contributed by atoms with Gasteiger partial charge in [-0.1, -0.05) is 0 Å². The first-order chi connectivity index (χ1) is 7.74. The van der Waals surface area contributed by atoms with E-state index in [1.165, 1.54) is 0 Å². The van der Waals surface area contributed by atoms with Crippen LogP contribution in [0.2, 0.25) is 0 Å². The van der Waals surface area contributed by atoms with Gasteiger partial charge >= 0.3 is 0 Å². The summed E-state index contributed by atoms with van der Waals surface area (Å²) in [5.41, 5.74) is 0.653. The summed E-state index contributed by atoms with van der Waals surface area (Å²) in [6.07, 6.45) is 2.63. The van der Waals surface area contributed by atoms with Crippen molar-refractivity contribution in [3.05, 3.63) is 29.8 Å². The third kappa shape index (κ3) is 4.68. The normalized spacial score (nSPS) is 10.1. The number of amides is 1. The molecule has 2 N–H and O–H groups in total. The quantitative estimate of drug-likeness (QED) is 0.524. The highest BCUT2D eigenvalue weighted by Gasteiger charge is 2.03. The molecule has 1 aromatic carbocycles. The molecule has 0 fully saturated rings. The maximum absolute atomic E-state index is 11.6. The van der Waals surface area contributed by atoms with Crippen molar-refractivity contribution >= 4 is 18.5 Å². The minimum atomic E-state index is -0.0580. The number of nitrogens with one attached hydrogen (secondary N) is 1. The molecule has 0 radical (unpaired) electrons. The molecule has 0 bridgehead atoms. The Morgan fingerprint density at radius 2 is 1.88 bits per heavy atom. The zero-order chi connectivity index (χ0) is 11.8. The van der Waals surface area contributed by atoms with Crippen LogP contribution in [0.4, 0.5) is 0 Å². The first kappa shape index (κ1) is 13.1. The van der Waals surface area contributed by atoms with Gasteiger partial charge in [-0.2, -0.15) is 0 Å². The van der Waals surface area contributed by atoms with Crippen LogP contribution < -0.4 is 5.32 Å². The maximum atomic E-state index is 11.6. The predicted molar refractivity (Wildman–Crippen MR) is 67.0 cm³/mol. The van der Waals surface area contributed by atoms with Crippen molar-refractivity contribution in [2.75, 3.05) is 13.2 Å². The summed E-state index contributed by atoms with van der Waals surface area (Å²) >= 11 is 4.15. The van der Waals surface area contributed by atoms with E-state index in [1.54, 1.807) is 24.3 Å². The van der Waals surface area contributed by atoms with Gasteiger partial charge in [-0.15, -0.1) is 12.6 Å². The molecule has 0 aliphatic carbocycles.